The molecule has 1 N–H and O–H groups in total. The van der Waals surface area contributed by atoms with Gasteiger partial charge in [0.25, 0.3) is 0 Å². The van der Waals surface area contributed by atoms with E-state index in [9.17, 15) is 18.3 Å². The van der Waals surface area contributed by atoms with Gasteiger partial charge in [0.15, 0.2) is 0 Å². The lowest BCUT2D eigenvalue weighted by molar-refractivity contribution is -0.265. The van der Waals surface area contributed by atoms with Crippen LogP contribution in [0.25, 0.3) is 10.9 Å². The Balaban J connectivity index is 2.03. The third-order valence-electron chi connectivity index (χ3n) is 3.49. The van der Waals surface area contributed by atoms with Crippen molar-refractivity contribution >= 4 is 22.2 Å². The molecule has 0 aliphatic rings. The number of rotatable bonds is 3. The Morgan fingerprint density at radius 3 is 2.45 bits per heavy atom. The largest absolute Gasteiger partial charge is 0.422 e. The minimum absolute atomic E-state index is 0.130. The van der Waals surface area contributed by atoms with Gasteiger partial charge in [0, 0.05) is 22.4 Å². The number of fused-ring (bicyclic) bond motifs is 1. The molecule has 1 atom stereocenters. The number of alkyl halides is 3. The van der Waals surface area contributed by atoms with Crippen LogP contribution >= 0.6 is 11.3 Å². The first kappa shape index (κ1) is 15.0. The fourth-order valence-corrected chi connectivity index (χ4v) is 3.15. The van der Waals surface area contributed by atoms with E-state index in [0.717, 1.165) is 16.7 Å². The average Bonchev–Trinajstić information content (AvgIpc) is 3.00. The van der Waals surface area contributed by atoms with E-state index in [0.29, 0.717) is 5.52 Å². The SMILES string of the molecule is OC(Cc1ccc2ccccc2n1)(c1cccs1)C(F)(F)F. The highest BCUT2D eigenvalue weighted by Gasteiger charge is 2.55. The molecule has 0 amide bonds. The predicted octanol–water partition coefficient (Wildman–Crippen LogP) is 4.29. The molecule has 0 aliphatic carbocycles. The predicted molar refractivity (Wildman–Crippen MR) is 79.7 cm³/mol. The number of nitrogens with zero attached hydrogens (tertiary/aromatic N) is 1. The van der Waals surface area contributed by atoms with Crippen molar-refractivity contribution in [2.24, 2.45) is 0 Å². The summed E-state index contributed by atoms with van der Waals surface area (Å²) in [7, 11) is 0. The highest BCUT2D eigenvalue weighted by molar-refractivity contribution is 7.10. The molecule has 2 heterocycles. The molecular formula is C16H12F3NOS. The van der Waals surface area contributed by atoms with Crippen molar-refractivity contribution in [3.8, 4) is 0 Å². The van der Waals surface area contributed by atoms with Gasteiger partial charge in [0.2, 0.25) is 5.60 Å². The monoisotopic (exact) mass is 323 g/mol. The van der Waals surface area contributed by atoms with E-state index in [2.05, 4.69) is 4.98 Å². The third-order valence-corrected chi connectivity index (χ3v) is 4.51. The van der Waals surface area contributed by atoms with Crippen molar-refractivity contribution < 1.29 is 18.3 Å². The van der Waals surface area contributed by atoms with Crippen molar-refractivity contribution in [2.75, 3.05) is 0 Å². The average molecular weight is 323 g/mol. The molecule has 0 fully saturated rings. The number of halogens is 3. The van der Waals surface area contributed by atoms with Gasteiger partial charge in [0.05, 0.1) is 5.52 Å². The topological polar surface area (TPSA) is 33.1 Å². The van der Waals surface area contributed by atoms with Gasteiger partial charge in [-0.15, -0.1) is 11.3 Å². The Bertz CT molecular complexity index is 785. The first-order valence-corrected chi connectivity index (χ1v) is 7.46. The second-order valence-electron chi connectivity index (χ2n) is 5.01. The molecule has 3 rings (SSSR count). The number of para-hydroxylation sites is 1. The molecule has 3 aromatic rings. The summed E-state index contributed by atoms with van der Waals surface area (Å²) in [4.78, 5) is 4.10. The summed E-state index contributed by atoms with van der Waals surface area (Å²) >= 11 is 0.882. The molecule has 2 aromatic heterocycles. The molecule has 22 heavy (non-hydrogen) atoms. The van der Waals surface area contributed by atoms with Crippen LogP contribution in [-0.4, -0.2) is 16.3 Å². The normalized spacial score (nSPS) is 14.9. The highest BCUT2D eigenvalue weighted by atomic mass is 32.1. The quantitative estimate of drug-likeness (QED) is 0.780. The van der Waals surface area contributed by atoms with E-state index in [1.165, 1.54) is 23.6 Å². The molecule has 0 spiro atoms. The van der Waals surface area contributed by atoms with Gasteiger partial charge in [-0.1, -0.05) is 30.3 Å². The third kappa shape index (κ3) is 2.60. The molecule has 6 heteroatoms. The Hall–Kier alpha value is -1.92. The molecule has 0 saturated heterocycles. The minimum atomic E-state index is -4.77. The van der Waals surface area contributed by atoms with E-state index in [4.69, 9.17) is 0 Å². The Kier molecular flexibility index (Phi) is 3.66. The van der Waals surface area contributed by atoms with E-state index in [1.54, 1.807) is 18.2 Å². The van der Waals surface area contributed by atoms with Crippen LogP contribution in [0, 0.1) is 0 Å². The van der Waals surface area contributed by atoms with Crippen LogP contribution in [-0.2, 0) is 12.0 Å². The van der Waals surface area contributed by atoms with E-state index in [-0.39, 0.29) is 10.6 Å². The number of aromatic nitrogens is 1. The van der Waals surface area contributed by atoms with E-state index in [1.807, 2.05) is 12.1 Å². The summed E-state index contributed by atoms with van der Waals surface area (Å²) in [5, 5.41) is 12.6. The summed E-state index contributed by atoms with van der Waals surface area (Å²) in [5.74, 6) is 0. The second kappa shape index (κ2) is 5.37. The summed E-state index contributed by atoms with van der Waals surface area (Å²) in [6, 6.07) is 13.2. The van der Waals surface area contributed by atoms with Crippen LogP contribution in [0.3, 0.4) is 0 Å². The maximum atomic E-state index is 13.4. The van der Waals surface area contributed by atoms with Crippen molar-refractivity contribution in [3.05, 3.63) is 64.5 Å². The van der Waals surface area contributed by atoms with Crippen LogP contribution in [0.4, 0.5) is 13.2 Å². The maximum absolute atomic E-state index is 13.4. The Morgan fingerprint density at radius 1 is 1.00 bits per heavy atom. The molecule has 0 radical (unpaired) electrons. The molecule has 2 nitrogen and oxygen atoms in total. The maximum Gasteiger partial charge on any atom is 0.422 e. The number of aliphatic hydroxyl groups is 1. The Morgan fingerprint density at radius 2 is 1.77 bits per heavy atom. The summed E-state index contributed by atoms with van der Waals surface area (Å²) in [6.45, 7) is 0. The zero-order valence-corrected chi connectivity index (χ0v) is 12.2. The van der Waals surface area contributed by atoms with Gasteiger partial charge in [-0.3, -0.25) is 4.98 Å². The van der Waals surface area contributed by atoms with E-state index >= 15 is 0 Å². The minimum Gasteiger partial charge on any atom is -0.375 e. The molecule has 0 saturated carbocycles. The van der Waals surface area contributed by atoms with E-state index < -0.39 is 18.2 Å². The molecule has 114 valence electrons. The zero-order chi connectivity index (χ0) is 15.8. The van der Waals surface area contributed by atoms with Gasteiger partial charge in [0.1, 0.15) is 0 Å². The zero-order valence-electron chi connectivity index (χ0n) is 11.3. The van der Waals surface area contributed by atoms with Gasteiger partial charge in [-0.25, -0.2) is 0 Å². The van der Waals surface area contributed by atoms with Crippen LogP contribution in [0.15, 0.2) is 53.9 Å². The van der Waals surface area contributed by atoms with Crippen molar-refractivity contribution in [3.63, 3.8) is 0 Å². The fraction of sp³-hybridized carbons (Fsp3) is 0.188. The fourth-order valence-electron chi connectivity index (χ4n) is 2.31. The van der Waals surface area contributed by atoms with Gasteiger partial charge in [-0.05, 0) is 23.6 Å². The summed E-state index contributed by atoms with van der Waals surface area (Å²) < 4.78 is 40.2. The molecule has 0 aliphatic heterocycles. The number of pyridine rings is 1. The number of hydrogen-bond acceptors (Lipinski definition) is 3. The smallest absolute Gasteiger partial charge is 0.375 e. The van der Waals surface area contributed by atoms with Crippen molar-refractivity contribution in [1.82, 2.24) is 4.98 Å². The number of thiophene rings is 1. The lowest BCUT2D eigenvalue weighted by atomic mass is 9.94. The lowest BCUT2D eigenvalue weighted by Gasteiger charge is -2.29. The number of benzene rings is 1. The first-order chi connectivity index (χ1) is 10.4. The summed E-state index contributed by atoms with van der Waals surface area (Å²) in [6.07, 6.45) is -5.38. The van der Waals surface area contributed by atoms with Gasteiger partial charge >= 0.3 is 6.18 Å². The van der Waals surface area contributed by atoms with Gasteiger partial charge < -0.3 is 5.11 Å². The molecular weight excluding hydrogens is 311 g/mol. The molecule has 1 unspecified atom stereocenters. The molecule has 0 bridgehead atoms. The lowest BCUT2D eigenvalue weighted by Crippen LogP contribution is -2.43. The van der Waals surface area contributed by atoms with Crippen LogP contribution in [0.2, 0.25) is 0 Å². The highest BCUT2D eigenvalue weighted by Crippen LogP contribution is 2.43. The van der Waals surface area contributed by atoms with Crippen molar-refractivity contribution in [1.29, 1.82) is 0 Å². The van der Waals surface area contributed by atoms with Crippen LogP contribution in [0.5, 0.6) is 0 Å². The van der Waals surface area contributed by atoms with Gasteiger partial charge in [-0.2, -0.15) is 13.2 Å². The second-order valence-corrected chi connectivity index (χ2v) is 5.96. The van der Waals surface area contributed by atoms with Crippen LogP contribution < -0.4 is 0 Å². The standard InChI is InChI=1S/C16H12F3NOS/c17-16(18,19)15(21,14-6-3-9-22-14)10-12-8-7-11-4-1-2-5-13(11)20-12/h1-9,21H,10H2. The Labute approximate surface area is 128 Å². The van der Waals surface area contributed by atoms with Crippen LogP contribution in [0.1, 0.15) is 10.6 Å². The summed E-state index contributed by atoms with van der Waals surface area (Å²) in [5.41, 5.74) is -2.11. The molecule has 1 aromatic carbocycles. The van der Waals surface area contributed by atoms with Crippen molar-refractivity contribution in [2.45, 2.75) is 18.2 Å². The first-order valence-electron chi connectivity index (χ1n) is 6.58. The number of hydrogen-bond donors (Lipinski definition) is 1.